The lowest BCUT2D eigenvalue weighted by atomic mass is 10.2. The van der Waals surface area contributed by atoms with Gasteiger partial charge in [-0.25, -0.2) is 9.97 Å². The topological polar surface area (TPSA) is 102 Å². The molecule has 0 amide bonds. The van der Waals surface area contributed by atoms with Gasteiger partial charge in [0, 0.05) is 23.5 Å². The van der Waals surface area contributed by atoms with E-state index in [9.17, 15) is 0 Å². The summed E-state index contributed by atoms with van der Waals surface area (Å²) in [7, 11) is 0. The summed E-state index contributed by atoms with van der Waals surface area (Å²) in [5, 5.41) is 17.3. The lowest BCUT2D eigenvalue weighted by Crippen LogP contribution is -2.19. The van der Waals surface area contributed by atoms with Gasteiger partial charge in [-0.05, 0) is 66.4 Å². The number of hydrogen-bond acceptors (Lipinski definition) is 8. The highest BCUT2D eigenvalue weighted by Gasteiger charge is 2.14. The molecule has 2 aromatic carbocycles. The maximum Gasteiger partial charge on any atom is 0.283 e. The summed E-state index contributed by atoms with van der Waals surface area (Å²) in [5.74, 6) is 0.391. The number of rotatable bonds is 5. The first kappa shape index (κ1) is 21.3. The number of nitrogens with zero attached hydrogens (tertiary/aromatic N) is 5. The first-order valence-electron chi connectivity index (χ1n) is 9.65. The molecule has 0 aliphatic rings. The van der Waals surface area contributed by atoms with Crippen LogP contribution in [0.25, 0.3) is 22.4 Å². The van der Waals surface area contributed by atoms with Gasteiger partial charge in [-0.2, -0.15) is 0 Å². The van der Waals surface area contributed by atoms with Crippen molar-refractivity contribution < 1.29 is 4.42 Å². The third-order valence-electron chi connectivity index (χ3n) is 4.48. The van der Waals surface area contributed by atoms with E-state index in [0.29, 0.717) is 26.3 Å². The summed E-state index contributed by atoms with van der Waals surface area (Å²) in [4.78, 5) is 12.8. The SMILES string of the molecule is S=C(Nc1ccc2ncnc(Sc3nnc(-c4cccnc4)o3)c2c1)Nc1ccccc1Cl. The van der Waals surface area contributed by atoms with Crippen LogP contribution in [0.15, 0.2) is 88.0 Å². The Morgan fingerprint density at radius 1 is 1.00 bits per heavy atom. The molecule has 3 heterocycles. The zero-order chi connectivity index (χ0) is 22.6. The van der Waals surface area contributed by atoms with Crippen molar-refractivity contribution in [2.24, 2.45) is 0 Å². The van der Waals surface area contributed by atoms with Gasteiger partial charge in [0.2, 0.25) is 5.89 Å². The van der Waals surface area contributed by atoms with Crippen molar-refractivity contribution in [3.05, 3.63) is 78.3 Å². The Morgan fingerprint density at radius 2 is 1.91 bits per heavy atom. The Balaban J connectivity index is 1.37. The fourth-order valence-electron chi connectivity index (χ4n) is 2.98. The molecule has 0 radical (unpaired) electrons. The van der Waals surface area contributed by atoms with Gasteiger partial charge in [-0.1, -0.05) is 23.7 Å². The second-order valence-electron chi connectivity index (χ2n) is 6.69. The second kappa shape index (κ2) is 9.49. The number of nitrogens with one attached hydrogen (secondary N) is 2. The zero-order valence-electron chi connectivity index (χ0n) is 16.8. The van der Waals surface area contributed by atoms with Gasteiger partial charge in [0.05, 0.1) is 21.8 Å². The number of anilines is 2. The first-order valence-corrected chi connectivity index (χ1v) is 11.2. The molecule has 0 saturated carbocycles. The predicted molar refractivity (Wildman–Crippen MR) is 132 cm³/mol. The van der Waals surface area contributed by atoms with E-state index in [1.54, 1.807) is 18.5 Å². The molecule has 5 aromatic rings. The van der Waals surface area contributed by atoms with Gasteiger partial charge in [0.1, 0.15) is 11.4 Å². The van der Waals surface area contributed by atoms with Gasteiger partial charge >= 0.3 is 0 Å². The fraction of sp³-hybridized carbons (Fsp3) is 0. The molecule has 33 heavy (non-hydrogen) atoms. The number of pyridine rings is 1. The van der Waals surface area contributed by atoms with Gasteiger partial charge in [0.25, 0.3) is 5.22 Å². The van der Waals surface area contributed by atoms with E-state index in [-0.39, 0.29) is 0 Å². The number of thiocarbonyl (C=S) groups is 1. The molecule has 0 bridgehead atoms. The van der Waals surface area contributed by atoms with E-state index >= 15 is 0 Å². The Kier molecular flexibility index (Phi) is 6.11. The summed E-state index contributed by atoms with van der Waals surface area (Å²) in [6.07, 6.45) is 4.85. The number of hydrogen-bond donors (Lipinski definition) is 2. The Labute approximate surface area is 202 Å². The molecular formula is C22H14ClN7OS2. The Morgan fingerprint density at radius 3 is 2.76 bits per heavy atom. The molecule has 0 unspecified atom stereocenters. The lowest BCUT2D eigenvalue weighted by molar-refractivity contribution is 0.465. The summed E-state index contributed by atoms with van der Waals surface area (Å²) < 4.78 is 5.78. The quantitative estimate of drug-likeness (QED) is 0.235. The molecule has 0 spiro atoms. The monoisotopic (exact) mass is 491 g/mol. The van der Waals surface area contributed by atoms with E-state index in [2.05, 4.69) is 35.8 Å². The van der Waals surface area contributed by atoms with Crippen molar-refractivity contribution >= 4 is 63.0 Å². The van der Waals surface area contributed by atoms with Crippen molar-refractivity contribution in [3.8, 4) is 11.5 Å². The van der Waals surface area contributed by atoms with E-state index in [4.69, 9.17) is 28.2 Å². The zero-order valence-corrected chi connectivity index (χ0v) is 19.2. The van der Waals surface area contributed by atoms with Crippen molar-refractivity contribution in [1.29, 1.82) is 0 Å². The highest BCUT2D eigenvalue weighted by Crippen LogP contribution is 2.33. The summed E-state index contributed by atoms with van der Waals surface area (Å²) in [6, 6.07) is 16.7. The third kappa shape index (κ3) is 4.92. The molecule has 11 heteroatoms. The largest absolute Gasteiger partial charge is 0.411 e. The molecule has 0 fully saturated rings. The van der Waals surface area contributed by atoms with Crippen LogP contribution in [0.3, 0.4) is 0 Å². The summed E-state index contributed by atoms with van der Waals surface area (Å²) in [6.45, 7) is 0. The number of fused-ring (bicyclic) bond motifs is 1. The maximum atomic E-state index is 6.20. The first-order chi connectivity index (χ1) is 16.2. The minimum atomic E-state index is 0.364. The van der Waals surface area contributed by atoms with Crippen molar-refractivity contribution in [2.75, 3.05) is 10.6 Å². The molecule has 0 atom stereocenters. The molecule has 0 saturated heterocycles. The number of halogens is 1. The van der Waals surface area contributed by atoms with Crippen LogP contribution in [0.2, 0.25) is 5.02 Å². The van der Waals surface area contributed by atoms with E-state index < -0.39 is 0 Å². The highest BCUT2D eigenvalue weighted by molar-refractivity contribution is 7.99. The van der Waals surface area contributed by atoms with Gasteiger partial charge in [-0.3, -0.25) is 4.98 Å². The number of aromatic nitrogens is 5. The van der Waals surface area contributed by atoms with Gasteiger partial charge in [0.15, 0.2) is 5.11 Å². The normalized spacial score (nSPS) is 10.8. The van der Waals surface area contributed by atoms with Crippen LogP contribution in [0.1, 0.15) is 0 Å². The lowest BCUT2D eigenvalue weighted by Gasteiger charge is -2.12. The molecule has 3 aromatic heterocycles. The Hall–Kier alpha value is -3.60. The maximum absolute atomic E-state index is 6.20. The minimum absolute atomic E-state index is 0.364. The van der Waals surface area contributed by atoms with E-state index in [0.717, 1.165) is 27.8 Å². The van der Waals surface area contributed by atoms with Crippen LogP contribution in [-0.4, -0.2) is 30.3 Å². The summed E-state index contributed by atoms with van der Waals surface area (Å²) in [5.41, 5.74) is 3.01. The molecule has 5 rings (SSSR count). The van der Waals surface area contributed by atoms with Crippen LogP contribution >= 0.6 is 35.6 Å². The molecule has 0 aliphatic carbocycles. The van der Waals surface area contributed by atoms with Gasteiger partial charge in [-0.15, -0.1) is 10.2 Å². The fourth-order valence-corrected chi connectivity index (χ4v) is 4.13. The molecule has 8 nitrogen and oxygen atoms in total. The van der Waals surface area contributed by atoms with Gasteiger partial charge < -0.3 is 15.1 Å². The number of para-hydroxylation sites is 1. The van der Waals surface area contributed by atoms with Crippen LogP contribution < -0.4 is 10.6 Å². The van der Waals surface area contributed by atoms with Crippen LogP contribution in [0.5, 0.6) is 0 Å². The van der Waals surface area contributed by atoms with Crippen LogP contribution in [-0.2, 0) is 0 Å². The average Bonchev–Trinajstić information content (AvgIpc) is 3.30. The molecule has 0 aliphatic heterocycles. The van der Waals surface area contributed by atoms with Crippen molar-refractivity contribution in [1.82, 2.24) is 25.1 Å². The average molecular weight is 492 g/mol. The van der Waals surface area contributed by atoms with Crippen LogP contribution in [0.4, 0.5) is 11.4 Å². The molecule has 162 valence electrons. The highest BCUT2D eigenvalue weighted by atomic mass is 35.5. The molecular weight excluding hydrogens is 478 g/mol. The van der Waals surface area contributed by atoms with E-state index in [1.807, 2.05) is 48.5 Å². The summed E-state index contributed by atoms with van der Waals surface area (Å²) >= 11 is 12.9. The Bertz CT molecular complexity index is 1450. The predicted octanol–water partition coefficient (Wildman–Crippen LogP) is 5.69. The van der Waals surface area contributed by atoms with Crippen molar-refractivity contribution in [2.45, 2.75) is 10.2 Å². The second-order valence-corrected chi connectivity index (χ2v) is 8.44. The van der Waals surface area contributed by atoms with E-state index in [1.165, 1.54) is 18.1 Å². The third-order valence-corrected chi connectivity index (χ3v) is 5.87. The number of benzene rings is 2. The standard InChI is InChI=1S/C22H14ClN7OS2/c23-16-5-1-2-6-18(16)28-21(32)27-14-7-8-17-15(10-14)20(26-12-25-17)33-22-30-29-19(31-22)13-4-3-9-24-11-13/h1-12H,(H2,27,28,32). The van der Waals surface area contributed by atoms with Crippen molar-refractivity contribution in [3.63, 3.8) is 0 Å². The smallest absolute Gasteiger partial charge is 0.283 e. The molecule has 2 N–H and O–H groups in total. The minimum Gasteiger partial charge on any atom is -0.411 e. The van der Waals surface area contributed by atoms with Crippen LogP contribution in [0, 0.1) is 0 Å².